The Balaban J connectivity index is 2.52. The third-order valence-electron chi connectivity index (χ3n) is 3.70. The van der Waals surface area contributed by atoms with Gasteiger partial charge in [-0.25, -0.2) is 4.99 Å². The van der Waals surface area contributed by atoms with Crippen LogP contribution in [0.15, 0.2) is 57.6 Å². The van der Waals surface area contributed by atoms with Gasteiger partial charge >= 0.3 is 0 Å². The first-order chi connectivity index (χ1) is 10.8. The van der Waals surface area contributed by atoms with Gasteiger partial charge < -0.3 is 0 Å². The van der Waals surface area contributed by atoms with E-state index in [1.807, 2.05) is 33.8 Å². The first kappa shape index (κ1) is 17.4. The van der Waals surface area contributed by atoms with Crippen molar-refractivity contribution in [3.63, 3.8) is 0 Å². The number of halogens is 1. The van der Waals surface area contributed by atoms with Crippen molar-refractivity contribution in [1.82, 2.24) is 0 Å². The van der Waals surface area contributed by atoms with Crippen LogP contribution in [-0.2, 0) is 4.79 Å². The van der Waals surface area contributed by atoms with E-state index in [0.717, 1.165) is 0 Å². The molecule has 2 rings (SSSR count). The summed E-state index contributed by atoms with van der Waals surface area (Å²) in [6, 6.07) is 8.81. The molecule has 0 heterocycles. The molecule has 0 fully saturated rings. The van der Waals surface area contributed by atoms with E-state index >= 15 is 0 Å². The number of carbonyl (C=O) groups excluding carboxylic acids is 2. The average molecular weight is 330 g/mol. The molecule has 1 aromatic rings. The van der Waals surface area contributed by atoms with Gasteiger partial charge in [0.2, 0.25) is 0 Å². The van der Waals surface area contributed by atoms with E-state index in [1.165, 1.54) is 0 Å². The number of rotatable bonds is 3. The van der Waals surface area contributed by atoms with Crippen LogP contribution in [-0.4, -0.2) is 17.4 Å². The minimum atomic E-state index is -0.365. The SMILES string of the molecule is CC(C)C1=CC(=NC(=O)c2ccccc2)C(Cl)=C(C(C)C)C1=O. The zero-order chi connectivity index (χ0) is 17.1. The fourth-order valence-corrected chi connectivity index (χ4v) is 2.85. The Bertz CT molecular complexity index is 725. The highest BCUT2D eigenvalue weighted by atomic mass is 35.5. The van der Waals surface area contributed by atoms with Crippen molar-refractivity contribution in [2.45, 2.75) is 27.7 Å². The molecule has 0 atom stereocenters. The topological polar surface area (TPSA) is 46.5 Å². The molecule has 1 amide bonds. The molecule has 0 saturated carbocycles. The van der Waals surface area contributed by atoms with Crippen molar-refractivity contribution in [3.05, 3.63) is 58.1 Å². The first-order valence-electron chi connectivity index (χ1n) is 7.67. The van der Waals surface area contributed by atoms with Crippen LogP contribution in [0, 0.1) is 11.8 Å². The minimum Gasteiger partial charge on any atom is -0.289 e. The van der Waals surface area contributed by atoms with Crippen LogP contribution in [0.2, 0.25) is 0 Å². The van der Waals surface area contributed by atoms with Gasteiger partial charge in [0.25, 0.3) is 5.91 Å². The number of ketones is 1. The maximum Gasteiger partial charge on any atom is 0.277 e. The highest BCUT2D eigenvalue weighted by Crippen LogP contribution is 2.31. The predicted molar refractivity (Wildman–Crippen MR) is 93.9 cm³/mol. The third kappa shape index (κ3) is 3.67. The van der Waals surface area contributed by atoms with Crippen LogP contribution in [0.25, 0.3) is 0 Å². The van der Waals surface area contributed by atoms with Gasteiger partial charge in [-0.1, -0.05) is 57.5 Å². The number of hydrogen-bond donors (Lipinski definition) is 0. The van der Waals surface area contributed by atoms with E-state index in [0.29, 0.717) is 22.4 Å². The first-order valence-corrected chi connectivity index (χ1v) is 8.05. The highest BCUT2D eigenvalue weighted by Gasteiger charge is 2.29. The van der Waals surface area contributed by atoms with Gasteiger partial charge in [-0.2, -0.15) is 0 Å². The summed E-state index contributed by atoms with van der Waals surface area (Å²) >= 11 is 6.37. The van der Waals surface area contributed by atoms with Gasteiger partial charge in [0, 0.05) is 16.7 Å². The molecule has 23 heavy (non-hydrogen) atoms. The van der Waals surface area contributed by atoms with Crippen molar-refractivity contribution < 1.29 is 9.59 Å². The van der Waals surface area contributed by atoms with E-state index in [4.69, 9.17) is 11.6 Å². The highest BCUT2D eigenvalue weighted by molar-refractivity contribution is 6.50. The summed E-state index contributed by atoms with van der Waals surface area (Å²) in [5, 5.41) is 0.277. The van der Waals surface area contributed by atoms with Crippen molar-refractivity contribution in [2.75, 3.05) is 0 Å². The molecule has 1 aliphatic carbocycles. The quantitative estimate of drug-likeness (QED) is 0.762. The number of amides is 1. The largest absolute Gasteiger partial charge is 0.289 e. The number of hydrogen-bond acceptors (Lipinski definition) is 2. The number of benzene rings is 1. The Morgan fingerprint density at radius 3 is 2.17 bits per heavy atom. The fourth-order valence-electron chi connectivity index (χ4n) is 2.45. The lowest BCUT2D eigenvalue weighted by molar-refractivity contribution is -0.113. The van der Waals surface area contributed by atoms with Crippen LogP contribution in [0.4, 0.5) is 0 Å². The summed E-state index contributed by atoms with van der Waals surface area (Å²) in [6.07, 6.45) is 1.64. The van der Waals surface area contributed by atoms with Crippen LogP contribution in [0.1, 0.15) is 38.1 Å². The average Bonchev–Trinajstić information content (AvgIpc) is 2.50. The molecule has 0 N–H and O–H groups in total. The molecule has 4 heteroatoms. The van der Waals surface area contributed by atoms with E-state index < -0.39 is 0 Å². The molecule has 0 bridgehead atoms. The van der Waals surface area contributed by atoms with Crippen molar-refractivity contribution in [1.29, 1.82) is 0 Å². The van der Waals surface area contributed by atoms with E-state index in [2.05, 4.69) is 4.99 Å². The van der Waals surface area contributed by atoms with Crippen molar-refractivity contribution >= 4 is 29.0 Å². The van der Waals surface area contributed by atoms with Crippen LogP contribution < -0.4 is 0 Å². The summed E-state index contributed by atoms with van der Waals surface area (Å²) in [5.41, 5.74) is 2.02. The molecule has 0 radical (unpaired) electrons. The molecule has 0 saturated heterocycles. The summed E-state index contributed by atoms with van der Waals surface area (Å²) in [6.45, 7) is 7.71. The van der Waals surface area contributed by atoms with E-state index in [1.54, 1.807) is 30.3 Å². The molecule has 3 nitrogen and oxygen atoms in total. The molecule has 1 aromatic carbocycles. The van der Waals surface area contributed by atoms with E-state index in [9.17, 15) is 9.59 Å². The maximum absolute atomic E-state index is 12.6. The second-order valence-corrected chi connectivity index (χ2v) is 6.51. The maximum atomic E-state index is 12.6. The normalized spacial score (nSPS) is 17.3. The Morgan fingerprint density at radius 1 is 1.04 bits per heavy atom. The van der Waals surface area contributed by atoms with Gasteiger partial charge in [0.1, 0.15) is 0 Å². The summed E-state index contributed by atoms with van der Waals surface area (Å²) in [4.78, 5) is 29.0. The molecular formula is C19H20ClNO2. The third-order valence-corrected chi connectivity index (χ3v) is 4.10. The molecule has 0 spiro atoms. The molecule has 120 valence electrons. The molecule has 0 aliphatic heterocycles. The zero-order valence-corrected chi connectivity index (χ0v) is 14.5. The Kier molecular flexibility index (Phi) is 5.32. The molecule has 1 aliphatic rings. The molecule has 0 unspecified atom stereocenters. The predicted octanol–water partition coefficient (Wildman–Crippen LogP) is 4.58. The number of allylic oxidation sites excluding steroid dienone is 4. The van der Waals surface area contributed by atoms with Gasteiger partial charge in [-0.05, 0) is 30.0 Å². The number of Topliss-reactive ketones (excluding diaryl/α,β-unsaturated/α-hetero) is 1. The fraction of sp³-hybridized carbons (Fsp3) is 0.316. The number of carbonyl (C=O) groups is 2. The second-order valence-electron chi connectivity index (χ2n) is 6.13. The monoisotopic (exact) mass is 329 g/mol. The molecule has 0 aromatic heterocycles. The Hall–Kier alpha value is -2.00. The van der Waals surface area contributed by atoms with Gasteiger partial charge in [-0.15, -0.1) is 0 Å². The standard InChI is InChI=1S/C19H20ClNO2/c1-11(2)14-10-15(17(20)16(12(3)4)18(14)22)21-19(23)13-8-6-5-7-9-13/h5-12H,1-4H3. The van der Waals surface area contributed by atoms with Crippen molar-refractivity contribution in [2.24, 2.45) is 16.8 Å². The van der Waals surface area contributed by atoms with E-state index in [-0.39, 0.29) is 28.6 Å². The van der Waals surface area contributed by atoms with Crippen LogP contribution in [0.5, 0.6) is 0 Å². The van der Waals surface area contributed by atoms with Gasteiger partial charge in [-0.3, -0.25) is 9.59 Å². The smallest absolute Gasteiger partial charge is 0.277 e. The summed E-state index contributed by atoms with van der Waals surface area (Å²) in [7, 11) is 0. The van der Waals surface area contributed by atoms with Gasteiger partial charge in [0.15, 0.2) is 5.78 Å². The summed E-state index contributed by atoms with van der Waals surface area (Å²) < 4.78 is 0. The lowest BCUT2D eigenvalue weighted by Gasteiger charge is -2.22. The van der Waals surface area contributed by atoms with Gasteiger partial charge in [0.05, 0.1) is 10.7 Å². The number of nitrogens with zero attached hydrogens (tertiary/aromatic N) is 1. The summed E-state index contributed by atoms with van der Waals surface area (Å²) in [5.74, 6) is -0.408. The number of aliphatic imine (C=N–C) groups is 1. The zero-order valence-electron chi connectivity index (χ0n) is 13.8. The van der Waals surface area contributed by atoms with Crippen LogP contribution in [0.3, 0.4) is 0 Å². The second kappa shape index (κ2) is 7.05. The Morgan fingerprint density at radius 2 is 1.65 bits per heavy atom. The molecular weight excluding hydrogens is 310 g/mol. The minimum absolute atomic E-state index is 0.0329. The van der Waals surface area contributed by atoms with Crippen molar-refractivity contribution in [3.8, 4) is 0 Å². The lowest BCUT2D eigenvalue weighted by Crippen LogP contribution is -2.23. The Labute approximate surface area is 141 Å². The van der Waals surface area contributed by atoms with Crippen LogP contribution >= 0.6 is 11.6 Å². The lowest BCUT2D eigenvalue weighted by atomic mass is 9.84.